The first-order chi connectivity index (χ1) is 6.52. The molecular weight excluding hydrogens is 176 g/mol. The number of rotatable bonds is 1. The summed E-state index contributed by atoms with van der Waals surface area (Å²) in [7, 11) is 0. The lowest BCUT2D eigenvalue weighted by Crippen LogP contribution is -2.37. The fraction of sp³-hybridized carbons (Fsp3) is 0.917. The van der Waals surface area contributed by atoms with Crippen LogP contribution in [0.4, 0.5) is 0 Å². The largest absolute Gasteiger partial charge is 0.462 e. The second-order valence-corrected chi connectivity index (χ2v) is 5.21. The van der Waals surface area contributed by atoms with Crippen molar-refractivity contribution in [1.82, 2.24) is 0 Å². The molecule has 0 N–H and O–H groups in total. The highest BCUT2D eigenvalue weighted by Gasteiger charge is 2.54. The Kier molecular flexibility index (Phi) is 2.32. The van der Waals surface area contributed by atoms with Gasteiger partial charge in [-0.15, -0.1) is 0 Å². The van der Waals surface area contributed by atoms with Gasteiger partial charge < -0.3 is 4.74 Å². The normalized spacial score (nSPS) is 50.9. The lowest BCUT2D eigenvalue weighted by atomic mass is 9.75. The lowest BCUT2D eigenvalue weighted by molar-refractivity contribution is -0.153. The van der Waals surface area contributed by atoms with Crippen LogP contribution in [-0.2, 0) is 9.53 Å². The molecule has 2 rings (SSSR count). The molecule has 2 aliphatic rings. The average molecular weight is 196 g/mol. The highest BCUT2D eigenvalue weighted by molar-refractivity contribution is 5.66. The Hall–Kier alpha value is -0.530. The van der Waals surface area contributed by atoms with E-state index in [2.05, 4.69) is 20.8 Å². The Balaban J connectivity index is 2.12. The van der Waals surface area contributed by atoms with Crippen LogP contribution in [0.25, 0.3) is 0 Å². The van der Waals surface area contributed by atoms with E-state index >= 15 is 0 Å². The van der Waals surface area contributed by atoms with Crippen LogP contribution in [0, 0.1) is 29.6 Å². The van der Waals surface area contributed by atoms with Gasteiger partial charge >= 0.3 is 5.97 Å². The summed E-state index contributed by atoms with van der Waals surface area (Å²) in [6.45, 7) is 8.40. The van der Waals surface area contributed by atoms with Gasteiger partial charge in [0.1, 0.15) is 6.10 Å². The molecule has 0 aromatic rings. The molecule has 2 nitrogen and oxygen atoms in total. The second-order valence-electron chi connectivity index (χ2n) is 5.21. The first-order valence-corrected chi connectivity index (χ1v) is 5.69. The van der Waals surface area contributed by atoms with E-state index in [-0.39, 0.29) is 12.1 Å². The van der Waals surface area contributed by atoms with Crippen molar-refractivity contribution in [2.45, 2.75) is 40.2 Å². The van der Waals surface area contributed by atoms with Crippen molar-refractivity contribution >= 4 is 5.97 Å². The van der Waals surface area contributed by atoms with Gasteiger partial charge in [-0.1, -0.05) is 20.8 Å². The second kappa shape index (κ2) is 3.25. The summed E-state index contributed by atoms with van der Waals surface area (Å²) in [6, 6.07) is 0. The maximum atomic E-state index is 11.0. The topological polar surface area (TPSA) is 26.3 Å². The Morgan fingerprint density at radius 3 is 2.14 bits per heavy atom. The number of fused-ring (bicyclic) bond motifs is 2. The Morgan fingerprint density at radius 2 is 1.64 bits per heavy atom. The van der Waals surface area contributed by atoms with E-state index < -0.39 is 0 Å². The van der Waals surface area contributed by atoms with E-state index in [1.165, 1.54) is 13.3 Å². The number of carbonyl (C=O) groups is 1. The first kappa shape index (κ1) is 10.0. The van der Waals surface area contributed by atoms with E-state index in [1.54, 1.807) is 0 Å². The smallest absolute Gasteiger partial charge is 0.302 e. The Morgan fingerprint density at radius 1 is 1.07 bits per heavy atom. The number of hydrogen-bond acceptors (Lipinski definition) is 2. The molecule has 2 bridgehead atoms. The molecule has 80 valence electrons. The van der Waals surface area contributed by atoms with Crippen LogP contribution in [0.1, 0.15) is 34.1 Å². The molecule has 0 spiro atoms. The Bertz CT molecular complexity index is 249. The molecule has 2 saturated carbocycles. The fourth-order valence-corrected chi connectivity index (χ4v) is 3.67. The van der Waals surface area contributed by atoms with Gasteiger partial charge in [0.15, 0.2) is 0 Å². The minimum Gasteiger partial charge on any atom is -0.462 e. The number of carbonyl (C=O) groups excluding carboxylic acids is 1. The summed E-state index contributed by atoms with van der Waals surface area (Å²) >= 11 is 0. The molecule has 0 radical (unpaired) electrons. The zero-order valence-electron chi connectivity index (χ0n) is 9.49. The van der Waals surface area contributed by atoms with Crippen molar-refractivity contribution in [2.24, 2.45) is 29.6 Å². The summed E-state index contributed by atoms with van der Waals surface area (Å²) < 4.78 is 5.44. The molecule has 2 aliphatic carbocycles. The summed E-state index contributed by atoms with van der Waals surface area (Å²) in [5, 5.41) is 0. The molecule has 0 aromatic carbocycles. The van der Waals surface area contributed by atoms with Crippen molar-refractivity contribution < 1.29 is 9.53 Å². The van der Waals surface area contributed by atoms with E-state index in [0.29, 0.717) is 11.8 Å². The van der Waals surface area contributed by atoms with Gasteiger partial charge in [0.25, 0.3) is 0 Å². The third-order valence-corrected chi connectivity index (χ3v) is 4.64. The molecule has 0 saturated heterocycles. The number of hydrogen-bond donors (Lipinski definition) is 0. The fourth-order valence-electron chi connectivity index (χ4n) is 3.67. The first-order valence-electron chi connectivity index (χ1n) is 5.69. The van der Waals surface area contributed by atoms with Gasteiger partial charge in [-0.25, -0.2) is 0 Å². The molecule has 0 aromatic heterocycles. The third kappa shape index (κ3) is 1.27. The number of ether oxygens (including phenoxy) is 1. The van der Waals surface area contributed by atoms with Gasteiger partial charge in [0.2, 0.25) is 0 Å². The predicted octanol–water partition coefficient (Wildman–Crippen LogP) is 2.48. The summed E-state index contributed by atoms with van der Waals surface area (Å²) in [6.07, 6.45) is 1.46. The highest BCUT2D eigenvalue weighted by atomic mass is 16.5. The van der Waals surface area contributed by atoms with Crippen LogP contribution in [0.3, 0.4) is 0 Å². The Labute approximate surface area is 86.0 Å². The molecule has 6 unspecified atom stereocenters. The molecule has 2 fully saturated rings. The molecule has 0 aliphatic heterocycles. The predicted molar refractivity (Wildman–Crippen MR) is 54.6 cm³/mol. The minimum atomic E-state index is -0.116. The summed E-state index contributed by atoms with van der Waals surface area (Å²) in [5.41, 5.74) is 0. The van der Waals surface area contributed by atoms with Crippen molar-refractivity contribution in [3.63, 3.8) is 0 Å². The lowest BCUT2D eigenvalue weighted by Gasteiger charge is -2.35. The van der Waals surface area contributed by atoms with Crippen LogP contribution >= 0.6 is 0 Å². The van der Waals surface area contributed by atoms with Crippen molar-refractivity contribution in [2.75, 3.05) is 0 Å². The van der Waals surface area contributed by atoms with Gasteiger partial charge in [-0.3, -0.25) is 4.79 Å². The molecule has 0 amide bonds. The quantitative estimate of drug-likeness (QED) is 0.602. The SMILES string of the molecule is CC(=O)OC1C(C)C2CC1C(C)C2C. The van der Waals surface area contributed by atoms with Crippen LogP contribution in [0.15, 0.2) is 0 Å². The highest BCUT2D eigenvalue weighted by Crippen LogP contribution is 2.55. The van der Waals surface area contributed by atoms with Crippen LogP contribution in [0.2, 0.25) is 0 Å². The van der Waals surface area contributed by atoms with Crippen LogP contribution in [0.5, 0.6) is 0 Å². The molecular formula is C12H20O2. The van der Waals surface area contributed by atoms with E-state index in [0.717, 1.165) is 17.8 Å². The zero-order valence-corrected chi connectivity index (χ0v) is 9.49. The van der Waals surface area contributed by atoms with Gasteiger partial charge in [0, 0.05) is 6.92 Å². The van der Waals surface area contributed by atoms with E-state index in [1.807, 2.05) is 0 Å². The third-order valence-electron chi connectivity index (χ3n) is 4.64. The summed E-state index contributed by atoms with van der Waals surface area (Å²) in [5.74, 6) is 3.37. The monoisotopic (exact) mass is 196 g/mol. The van der Waals surface area contributed by atoms with Crippen LogP contribution in [-0.4, -0.2) is 12.1 Å². The molecule has 6 atom stereocenters. The van der Waals surface area contributed by atoms with Gasteiger partial charge in [-0.05, 0) is 36.0 Å². The standard InChI is InChI=1S/C12H20O2/c1-6-7(2)11-5-10(6)8(3)12(11)14-9(4)13/h6-8,10-12H,5H2,1-4H3. The molecule has 0 heterocycles. The minimum absolute atomic E-state index is 0.116. The molecule has 14 heavy (non-hydrogen) atoms. The molecule has 2 heteroatoms. The van der Waals surface area contributed by atoms with Crippen molar-refractivity contribution in [3.8, 4) is 0 Å². The van der Waals surface area contributed by atoms with Crippen molar-refractivity contribution in [1.29, 1.82) is 0 Å². The van der Waals surface area contributed by atoms with Crippen LogP contribution < -0.4 is 0 Å². The van der Waals surface area contributed by atoms with Gasteiger partial charge in [0.05, 0.1) is 0 Å². The van der Waals surface area contributed by atoms with E-state index in [4.69, 9.17) is 4.74 Å². The van der Waals surface area contributed by atoms with Crippen molar-refractivity contribution in [3.05, 3.63) is 0 Å². The maximum Gasteiger partial charge on any atom is 0.302 e. The zero-order chi connectivity index (χ0) is 10.5. The summed E-state index contributed by atoms with van der Waals surface area (Å²) in [4.78, 5) is 11.0. The van der Waals surface area contributed by atoms with Gasteiger partial charge in [-0.2, -0.15) is 0 Å². The maximum absolute atomic E-state index is 11.0. The average Bonchev–Trinajstić information content (AvgIpc) is 2.54. The van der Waals surface area contributed by atoms with E-state index in [9.17, 15) is 4.79 Å². The number of esters is 1.